The van der Waals surface area contributed by atoms with Gasteiger partial charge in [0.05, 0.1) is 18.2 Å². The molecule has 0 spiro atoms. The first-order chi connectivity index (χ1) is 16.3. The summed E-state index contributed by atoms with van der Waals surface area (Å²) in [6, 6.07) is 19.6. The van der Waals surface area contributed by atoms with Crippen molar-refractivity contribution in [2.24, 2.45) is 5.92 Å². The molecule has 34 heavy (non-hydrogen) atoms. The van der Waals surface area contributed by atoms with Crippen molar-refractivity contribution in [1.29, 1.82) is 0 Å². The van der Waals surface area contributed by atoms with Gasteiger partial charge in [0.25, 0.3) is 5.91 Å². The molecule has 2 aromatic carbocycles. The van der Waals surface area contributed by atoms with Crippen molar-refractivity contribution in [2.45, 2.75) is 45.7 Å². The number of amides is 1. The number of esters is 1. The second kappa shape index (κ2) is 9.63. The van der Waals surface area contributed by atoms with Gasteiger partial charge in [0.1, 0.15) is 0 Å². The van der Waals surface area contributed by atoms with Crippen LogP contribution in [0.5, 0.6) is 5.75 Å². The summed E-state index contributed by atoms with van der Waals surface area (Å²) >= 11 is 0. The lowest BCUT2D eigenvalue weighted by atomic mass is 9.83. The molecule has 1 unspecified atom stereocenters. The Bertz CT molecular complexity index is 1200. The Balaban J connectivity index is 1.95. The maximum atomic E-state index is 13.6. The van der Waals surface area contributed by atoms with Crippen LogP contribution >= 0.6 is 0 Å². The maximum Gasteiger partial charge on any atom is 0.313 e. The average molecular weight is 460 g/mol. The van der Waals surface area contributed by atoms with Gasteiger partial charge in [0, 0.05) is 18.5 Å². The van der Waals surface area contributed by atoms with E-state index in [0.29, 0.717) is 6.54 Å². The van der Waals surface area contributed by atoms with Gasteiger partial charge in [0.2, 0.25) is 11.2 Å². The first-order valence-electron chi connectivity index (χ1n) is 11.5. The Morgan fingerprint density at radius 2 is 1.50 bits per heavy atom. The topological polar surface area (TPSA) is 81.5 Å². The van der Waals surface area contributed by atoms with E-state index in [4.69, 9.17) is 4.74 Å². The molecule has 0 fully saturated rings. The summed E-state index contributed by atoms with van der Waals surface area (Å²) in [5, 5.41) is 4.39. The number of nitrogens with zero attached hydrogens (tertiary/aromatic N) is 3. The standard InChI is InChI=1S/C27H29N3O4/c1-17(2)27(33)34-25-22(31)15-28-30-21(16-29(18(3)4)26(32)24(25)30)23(19-11-7-5-8-12-19)20-13-9-6-10-14-20/h5-15,17-18,21,23H,16H2,1-4H3. The lowest BCUT2D eigenvalue weighted by Crippen LogP contribution is -2.50. The summed E-state index contributed by atoms with van der Waals surface area (Å²) in [4.78, 5) is 40.5. The van der Waals surface area contributed by atoms with Gasteiger partial charge in [-0.05, 0) is 25.0 Å². The van der Waals surface area contributed by atoms with Gasteiger partial charge in [-0.1, -0.05) is 74.5 Å². The molecule has 4 rings (SSSR count). The van der Waals surface area contributed by atoms with Crippen LogP contribution in [0.15, 0.2) is 71.7 Å². The van der Waals surface area contributed by atoms with Gasteiger partial charge >= 0.3 is 5.97 Å². The van der Waals surface area contributed by atoms with E-state index in [0.717, 1.165) is 17.3 Å². The van der Waals surface area contributed by atoms with Crippen molar-refractivity contribution in [3.8, 4) is 5.75 Å². The van der Waals surface area contributed by atoms with Crippen LogP contribution in [0.3, 0.4) is 0 Å². The minimum atomic E-state index is -0.589. The van der Waals surface area contributed by atoms with Gasteiger partial charge in [-0.3, -0.25) is 19.1 Å². The lowest BCUT2D eigenvalue weighted by molar-refractivity contribution is -0.137. The molecule has 1 atom stereocenters. The molecule has 1 aromatic heterocycles. The summed E-state index contributed by atoms with van der Waals surface area (Å²) in [6.45, 7) is 7.61. The third-order valence-electron chi connectivity index (χ3n) is 6.13. The van der Waals surface area contributed by atoms with E-state index >= 15 is 0 Å². The molecule has 0 aliphatic carbocycles. The highest BCUT2D eigenvalue weighted by Crippen LogP contribution is 2.39. The van der Waals surface area contributed by atoms with Crippen molar-refractivity contribution in [1.82, 2.24) is 14.7 Å². The Kier molecular flexibility index (Phi) is 6.63. The lowest BCUT2D eigenvalue weighted by Gasteiger charge is -2.41. The summed E-state index contributed by atoms with van der Waals surface area (Å²) in [5.41, 5.74) is 1.55. The highest BCUT2D eigenvalue weighted by Gasteiger charge is 2.41. The monoisotopic (exact) mass is 459 g/mol. The predicted octanol–water partition coefficient (Wildman–Crippen LogP) is 4.04. The second-order valence-electron chi connectivity index (χ2n) is 9.12. The quantitative estimate of drug-likeness (QED) is 0.520. The minimum Gasteiger partial charge on any atom is -0.420 e. The van der Waals surface area contributed by atoms with Crippen LogP contribution < -0.4 is 10.2 Å². The summed E-state index contributed by atoms with van der Waals surface area (Å²) in [6.07, 6.45) is 1.13. The van der Waals surface area contributed by atoms with Crippen LogP contribution in [0.1, 0.15) is 61.3 Å². The third-order valence-corrected chi connectivity index (χ3v) is 6.13. The molecule has 1 amide bonds. The number of hydrogen-bond acceptors (Lipinski definition) is 5. The van der Waals surface area contributed by atoms with Crippen molar-refractivity contribution in [3.05, 3.63) is 93.9 Å². The molecular formula is C27H29N3O4. The van der Waals surface area contributed by atoms with E-state index in [1.54, 1.807) is 23.4 Å². The molecule has 0 radical (unpaired) electrons. The zero-order chi connectivity index (χ0) is 24.4. The number of fused-ring (bicyclic) bond motifs is 1. The van der Waals surface area contributed by atoms with E-state index in [9.17, 15) is 14.4 Å². The molecule has 7 heteroatoms. The molecule has 0 N–H and O–H groups in total. The fraction of sp³-hybridized carbons (Fsp3) is 0.333. The first-order valence-corrected chi connectivity index (χ1v) is 11.5. The van der Waals surface area contributed by atoms with Crippen LogP contribution in [-0.2, 0) is 4.79 Å². The largest absolute Gasteiger partial charge is 0.420 e. The summed E-state index contributed by atoms with van der Waals surface area (Å²) in [5.74, 6) is -1.80. The molecule has 0 saturated carbocycles. The molecule has 2 heterocycles. The number of rotatable bonds is 6. The smallest absolute Gasteiger partial charge is 0.313 e. The Morgan fingerprint density at radius 1 is 0.941 bits per heavy atom. The van der Waals surface area contributed by atoms with Crippen LogP contribution in [-0.4, -0.2) is 39.1 Å². The number of benzene rings is 2. The molecule has 1 aliphatic heterocycles. The average Bonchev–Trinajstić information content (AvgIpc) is 2.83. The maximum absolute atomic E-state index is 13.6. The van der Waals surface area contributed by atoms with E-state index in [1.807, 2.05) is 50.2 Å². The highest BCUT2D eigenvalue weighted by atomic mass is 16.5. The van der Waals surface area contributed by atoms with Crippen molar-refractivity contribution in [2.75, 3.05) is 6.54 Å². The second-order valence-corrected chi connectivity index (χ2v) is 9.12. The summed E-state index contributed by atoms with van der Waals surface area (Å²) in [7, 11) is 0. The fourth-order valence-electron chi connectivity index (χ4n) is 4.36. The SMILES string of the molecule is CC(C)C(=O)Oc1c2n(ncc1=O)C(C(c1ccccc1)c1ccccc1)CN(C(C)C)C2=O. The zero-order valence-electron chi connectivity index (χ0n) is 19.8. The molecule has 176 valence electrons. The van der Waals surface area contributed by atoms with Gasteiger partial charge in [-0.15, -0.1) is 0 Å². The molecule has 3 aromatic rings. The molecule has 7 nitrogen and oxygen atoms in total. The Morgan fingerprint density at radius 3 is 2.00 bits per heavy atom. The number of carbonyl (C=O) groups is 2. The fourth-order valence-corrected chi connectivity index (χ4v) is 4.36. The van der Waals surface area contributed by atoms with Crippen molar-refractivity contribution >= 4 is 11.9 Å². The van der Waals surface area contributed by atoms with Gasteiger partial charge in [-0.2, -0.15) is 5.10 Å². The van der Waals surface area contributed by atoms with Gasteiger partial charge < -0.3 is 9.64 Å². The van der Waals surface area contributed by atoms with E-state index in [2.05, 4.69) is 29.4 Å². The van der Waals surface area contributed by atoms with Crippen LogP contribution in [0, 0.1) is 5.92 Å². The van der Waals surface area contributed by atoms with Crippen LogP contribution in [0.4, 0.5) is 0 Å². The number of carbonyl (C=O) groups excluding carboxylic acids is 2. The minimum absolute atomic E-state index is 0.0170. The van der Waals surface area contributed by atoms with E-state index in [-0.39, 0.29) is 35.4 Å². The molecular weight excluding hydrogens is 430 g/mol. The molecule has 0 bridgehead atoms. The predicted molar refractivity (Wildman–Crippen MR) is 129 cm³/mol. The highest BCUT2D eigenvalue weighted by molar-refractivity contribution is 5.97. The third kappa shape index (κ3) is 4.38. The van der Waals surface area contributed by atoms with E-state index in [1.165, 1.54) is 0 Å². The normalized spacial score (nSPS) is 15.7. The number of aromatic nitrogens is 2. The van der Waals surface area contributed by atoms with Crippen molar-refractivity contribution < 1.29 is 14.3 Å². The number of hydrogen-bond donors (Lipinski definition) is 0. The first kappa shape index (κ1) is 23.4. The van der Waals surface area contributed by atoms with Crippen LogP contribution in [0.2, 0.25) is 0 Å². The van der Waals surface area contributed by atoms with Gasteiger partial charge in [-0.25, -0.2) is 0 Å². The molecule has 0 saturated heterocycles. The van der Waals surface area contributed by atoms with Crippen molar-refractivity contribution in [3.63, 3.8) is 0 Å². The van der Waals surface area contributed by atoms with E-state index < -0.39 is 17.3 Å². The zero-order valence-corrected chi connectivity index (χ0v) is 19.8. The van der Waals surface area contributed by atoms with Crippen LogP contribution in [0.25, 0.3) is 0 Å². The number of ether oxygens (including phenoxy) is 1. The Labute approximate surface area is 199 Å². The summed E-state index contributed by atoms with van der Waals surface area (Å²) < 4.78 is 7.06. The Hall–Kier alpha value is -3.74. The molecule has 1 aliphatic rings. The van der Waals surface area contributed by atoms with Gasteiger partial charge in [0.15, 0.2) is 5.69 Å².